The zero-order chi connectivity index (χ0) is 14.0. The molecule has 0 aliphatic heterocycles. The fraction of sp³-hybridized carbons (Fsp3) is 0.154. The number of aromatic nitrogens is 1. The number of fused-ring (bicyclic) bond motifs is 1. The number of hydrogen-bond donors (Lipinski definition) is 2. The molecule has 98 valence electrons. The molecule has 2 rings (SSSR count). The number of nitrogens with two attached hydrogens (primary N) is 1. The molecule has 1 heterocycles. The molecule has 0 saturated carbocycles. The Kier molecular flexibility index (Phi) is 3.41. The fourth-order valence-corrected chi connectivity index (χ4v) is 1.73. The van der Waals surface area contributed by atoms with E-state index in [1.165, 1.54) is 12.1 Å². The van der Waals surface area contributed by atoms with Crippen molar-refractivity contribution >= 4 is 22.7 Å². The lowest BCUT2D eigenvalue weighted by Gasteiger charge is -2.07. The van der Waals surface area contributed by atoms with Crippen LogP contribution in [0.15, 0.2) is 24.3 Å². The molecular weight excluding hydrogens is 249 g/mol. The van der Waals surface area contributed by atoms with Crippen LogP contribution in [-0.4, -0.2) is 23.3 Å². The number of pyridine rings is 1. The summed E-state index contributed by atoms with van der Waals surface area (Å²) in [6.45, 7) is 1.41. The Balaban J connectivity index is 2.38. The smallest absolute Gasteiger partial charge is 0.253 e. The Labute approximate surface area is 108 Å². The van der Waals surface area contributed by atoms with E-state index in [-0.39, 0.29) is 12.4 Å². The maximum absolute atomic E-state index is 13.1. The van der Waals surface area contributed by atoms with Crippen LogP contribution in [0.3, 0.4) is 0 Å². The minimum absolute atomic E-state index is 0.236. The zero-order valence-corrected chi connectivity index (χ0v) is 10.2. The SMILES string of the molecule is Cc1nc2cc(F)ccc2cc1C(=O)NCC(N)=O. The van der Waals surface area contributed by atoms with Crippen molar-refractivity contribution in [3.05, 3.63) is 41.3 Å². The van der Waals surface area contributed by atoms with E-state index in [4.69, 9.17) is 5.73 Å². The third kappa shape index (κ3) is 2.85. The largest absolute Gasteiger partial charge is 0.368 e. The monoisotopic (exact) mass is 261 g/mol. The van der Waals surface area contributed by atoms with Gasteiger partial charge >= 0.3 is 0 Å². The second kappa shape index (κ2) is 5.01. The molecule has 0 aliphatic rings. The van der Waals surface area contributed by atoms with Crippen LogP contribution in [0.2, 0.25) is 0 Å². The van der Waals surface area contributed by atoms with Crippen molar-refractivity contribution < 1.29 is 14.0 Å². The topological polar surface area (TPSA) is 85.1 Å². The molecular formula is C13H12FN3O2. The number of amides is 2. The molecule has 0 bridgehead atoms. The zero-order valence-electron chi connectivity index (χ0n) is 10.2. The van der Waals surface area contributed by atoms with Gasteiger partial charge < -0.3 is 11.1 Å². The van der Waals surface area contributed by atoms with E-state index in [1.54, 1.807) is 19.1 Å². The molecule has 2 aromatic rings. The minimum atomic E-state index is -0.623. The van der Waals surface area contributed by atoms with Crippen molar-refractivity contribution in [3.8, 4) is 0 Å². The first-order valence-corrected chi connectivity index (χ1v) is 5.61. The highest BCUT2D eigenvalue weighted by molar-refractivity contribution is 6.00. The van der Waals surface area contributed by atoms with Gasteiger partial charge in [-0.15, -0.1) is 0 Å². The van der Waals surface area contributed by atoms with Gasteiger partial charge in [0.1, 0.15) is 5.82 Å². The Morgan fingerprint density at radius 3 is 2.79 bits per heavy atom. The van der Waals surface area contributed by atoms with Crippen LogP contribution in [-0.2, 0) is 4.79 Å². The van der Waals surface area contributed by atoms with E-state index < -0.39 is 11.8 Å². The first-order chi connectivity index (χ1) is 8.97. The van der Waals surface area contributed by atoms with Crippen LogP contribution in [0, 0.1) is 12.7 Å². The average Bonchev–Trinajstić information content (AvgIpc) is 2.35. The van der Waals surface area contributed by atoms with E-state index in [1.807, 2.05) is 0 Å². The molecule has 1 aromatic heterocycles. The number of carbonyl (C=O) groups excluding carboxylic acids is 2. The van der Waals surface area contributed by atoms with Gasteiger partial charge in [0.15, 0.2) is 0 Å². The van der Waals surface area contributed by atoms with Gasteiger partial charge in [0, 0.05) is 11.5 Å². The van der Waals surface area contributed by atoms with Gasteiger partial charge in [-0.2, -0.15) is 0 Å². The first kappa shape index (κ1) is 12.9. The molecule has 0 atom stereocenters. The number of nitrogens with zero attached hydrogens (tertiary/aromatic N) is 1. The summed E-state index contributed by atoms with van der Waals surface area (Å²) in [4.78, 5) is 26.6. The highest BCUT2D eigenvalue weighted by atomic mass is 19.1. The van der Waals surface area contributed by atoms with Gasteiger partial charge in [0.05, 0.1) is 23.3 Å². The number of halogens is 1. The van der Waals surface area contributed by atoms with Gasteiger partial charge in [-0.05, 0) is 25.1 Å². The van der Waals surface area contributed by atoms with E-state index in [0.717, 1.165) is 0 Å². The molecule has 5 nitrogen and oxygen atoms in total. The molecule has 0 spiro atoms. The average molecular weight is 261 g/mol. The molecule has 1 aromatic carbocycles. The predicted molar refractivity (Wildman–Crippen MR) is 68.0 cm³/mol. The van der Waals surface area contributed by atoms with Crippen molar-refractivity contribution in [3.63, 3.8) is 0 Å². The summed E-state index contributed by atoms with van der Waals surface area (Å²) in [7, 11) is 0. The second-order valence-electron chi connectivity index (χ2n) is 4.11. The molecule has 0 radical (unpaired) electrons. The Morgan fingerprint density at radius 2 is 2.11 bits per heavy atom. The maximum atomic E-state index is 13.1. The Morgan fingerprint density at radius 1 is 1.37 bits per heavy atom. The van der Waals surface area contributed by atoms with Gasteiger partial charge in [-0.25, -0.2) is 4.39 Å². The third-order valence-corrected chi connectivity index (χ3v) is 2.64. The van der Waals surface area contributed by atoms with Crippen LogP contribution in [0.1, 0.15) is 16.1 Å². The summed E-state index contributed by atoms with van der Waals surface area (Å²) in [5.74, 6) is -1.44. The number of benzene rings is 1. The number of aryl methyl sites for hydroxylation is 1. The minimum Gasteiger partial charge on any atom is -0.368 e. The van der Waals surface area contributed by atoms with Gasteiger partial charge in [-0.3, -0.25) is 14.6 Å². The van der Waals surface area contributed by atoms with Crippen molar-refractivity contribution in [1.29, 1.82) is 0 Å². The van der Waals surface area contributed by atoms with Crippen LogP contribution < -0.4 is 11.1 Å². The number of carbonyl (C=O) groups is 2. The van der Waals surface area contributed by atoms with Crippen molar-refractivity contribution in [2.24, 2.45) is 5.73 Å². The molecule has 0 unspecified atom stereocenters. The quantitative estimate of drug-likeness (QED) is 0.860. The summed E-state index contributed by atoms with van der Waals surface area (Å²) in [6.07, 6.45) is 0. The lowest BCUT2D eigenvalue weighted by atomic mass is 10.1. The van der Waals surface area contributed by atoms with E-state index in [2.05, 4.69) is 10.3 Å². The van der Waals surface area contributed by atoms with Gasteiger partial charge in [0.25, 0.3) is 5.91 Å². The summed E-state index contributed by atoms with van der Waals surface area (Å²) in [6, 6.07) is 5.74. The van der Waals surface area contributed by atoms with Crippen molar-refractivity contribution in [1.82, 2.24) is 10.3 Å². The number of hydrogen-bond acceptors (Lipinski definition) is 3. The van der Waals surface area contributed by atoms with Crippen LogP contribution >= 0.6 is 0 Å². The van der Waals surface area contributed by atoms with Crippen LogP contribution in [0.4, 0.5) is 4.39 Å². The lowest BCUT2D eigenvalue weighted by Crippen LogP contribution is -2.33. The third-order valence-electron chi connectivity index (χ3n) is 2.64. The van der Waals surface area contributed by atoms with Crippen LogP contribution in [0.25, 0.3) is 10.9 Å². The molecule has 0 fully saturated rings. The first-order valence-electron chi connectivity index (χ1n) is 5.61. The van der Waals surface area contributed by atoms with E-state index >= 15 is 0 Å². The highest BCUT2D eigenvalue weighted by Crippen LogP contribution is 2.17. The van der Waals surface area contributed by atoms with E-state index in [0.29, 0.717) is 22.2 Å². The number of rotatable bonds is 3. The van der Waals surface area contributed by atoms with Gasteiger partial charge in [-0.1, -0.05) is 0 Å². The summed E-state index contributed by atoms with van der Waals surface area (Å²) in [5, 5.41) is 3.04. The summed E-state index contributed by atoms with van der Waals surface area (Å²) >= 11 is 0. The summed E-state index contributed by atoms with van der Waals surface area (Å²) < 4.78 is 13.1. The fourth-order valence-electron chi connectivity index (χ4n) is 1.73. The van der Waals surface area contributed by atoms with E-state index in [9.17, 15) is 14.0 Å². The Bertz CT molecular complexity index is 670. The molecule has 19 heavy (non-hydrogen) atoms. The second-order valence-corrected chi connectivity index (χ2v) is 4.11. The van der Waals surface area contributed by atoms with Crippen LogP contribution in [0.5, 0.6) is 0 Å². The normalized spacial score (nSPS) is 10.4. The van der Waals surface area contributed by atoms with Crippen molar-refractivity contribution in [2.45, 2.75) is 6.92 Å². The predicted octanol–water partition coefficient (Wildman–Crippen LogP) is 0.897. The molecule has 2 amide bonds. The molecule has 0 aliphatic carbocycles. The summed E-state index contributed by atoms with van der Waals surface area (Å²) in [5.41, 5.74) is 6.22. The van der Waals surface area contributed by atoms with Gasteiger partial charge in [0.2, 0.25) is 5.91 Å². The number of primary amides is 1. The number of nitrogens with one attached hydrogen (secondary N) is 1. The molecule has 0 saturated heterocycles. The molecule has 3 N–H and O–H groups in total. The highest BCUT2D eigenvalue weighted by Gasteiger charge is 2.12. The Hall–Kier alpha value is -2.50. The molecule has 6 heteroatoms. The van der Waals surface area contributed by atoms with Crippen molar-refractivity contribution in [2.75, 3.05) is 6.54 Å². The maximum Gasteiger partial charge on any atom is 0.253 e. The lowest BCUT2D eigenvalue weighted by molar-refractivity contribution is -0.117. The standard InChI is InChI=1S/C13H12FN3O2/c1-7-10(13(19)16-6-12(15)18)4-8-2-3-9(14)5-11(8)17-7/h2-5H,6H2,1H3,(H2,15,18)(H,16,19).